The number of nitrogens with one attached hydrogen (secondary N) is 1. The molecule has 0 aliphatic carbocycles. The van der Waals surface area contributed by atoms with Gasteiger partial charge in [-0.3, -0.25) is 14.9 Å². The van der Waals surface area contributed by atoms with E-state index >= 15 is 0 Å². The van der Waals surface area contributed by atoms with Gasteiger partial charge in [-0.1, -0.05) is 10.8 Å². The number of anilines is 1. The summed E-state index contributed by atoms with van der Waals surface area (Å²) in [4.78, 5) is 25.8. The number of carbonyl (C=O) groups excluding carboxylic acids is 2. The van der Waals surface area contributed by atoms with Gasteiger partial charge in [0.1, 0.15) is 23.5 Å². The summed E-state index contributed by atoms with van der Waals surface area (Å²) in [6.45, 7) is 6.36. The molecule has 1 aliphatic heterocycles. The predicted octanol–water partition coefficient (Wildman–Crippen LogP) is 2.18. The Hall–Kier alpha value is -3.29. The van der Waals surface area contributed by atoms with Crippen LogP contribution in [0.3, 0.4) is 0 Å². The maximum atomic E-state index is 12.7. The van der Waals surface area contributed by atoms with Gasteiger partial charge in [-0.05, 0) is 39.0 Å². The molecule has 0 atom stereocenters. The van der Waals surface area contributed by atoms with Crippen LogP contribution >= 0.6 is 0 Å². The van der Waals surface area contributed by atoms with Gasteiger partial charge in [0.2, 0.25) is 0 Å². The molecule has 160 valence electrons. The lowest BCUT2D eigenvalue weighted by molar-refractivity contribution is -0.893. The molecule has 0 spiro atoms. The number of benzene rings is 1. The smallest absolute Gasteiger partial charge is 0.313 e. The van der Waals surface area contributed by atoms with E-state index in [0.717, 1.165) is 16.7 Å². The number of rotatable bonds is 8. The molecule has 1 amide bonds. The van der Waals surface area contributed by atoms with Gasteiger partial charge in [-0.2, -0.15) is 0 Å². The lowest BCUT2D eigenvalue weighted by Gasteiger charge is -2.27. The SMILES string of the molecule is CC(=O)CN1Cc2ccc(OCCCNc3cccc[n+]3O)cc2OC(C)(C)C1=O. The zero-order chi connectivity index (χ0) is 21.7. The van der Waals surface area contributed by atoms with Gasteiger partial charge >= 0.3 is 5.82 Å². The zero-order valence-corrected chi connectivity index (χ0v) is 17.6. The number of ketones is 1. The summed E-state index contributed by atoms with van der Waals surface area (Å²) in [5.41, 5.74) is -0.237. The molecule has 1 aromatic heterocycles. The average Bonchev–Trinajstić information content (AvgIpc) is 2.77. The first-order chi connectivity index (χ1) is 14.3. The fourth-order valence-electron chi connectivity index (χ4n) is 3.28. The van der Waals surface area contributed by atoms with Crippen molar-refractivity contribution in [1.29, 1.82) is 0 Å². The summed E-state index contributed by atoms with van der Waals surface area (Å²) >= 11 is 0. The van der Waals surface area contributed by atoms with Gasteiger partial charge in [0, 0.05) is 30.7 Å². The minimum absolute atomic E-state index is 0.0611. The highest BCUT2D eigenvalue weighted by Gasteiger charge is 2.38. The van der Waals surface area contributed by atoms with E-state index in [2.05, 4.69) is 5.32 Å². The second-order valence-electron chi connectivity index (χ2n) is 7.80. The number of pyridine rings is 1. The molecule has 0 saturated carbocycles. The molecule has 0 unspecified atom stereocenters. The van der Waals surface area contributed by atoms with Crippen LogP contribution in [0.25, 0.3) is 0 Å². The largest absolute Gasteiger partial charge is 0.493 e. The van der Waals surface area contributed by atoms with Crippen LogP contribution in [0.5, 0.6) is 11.5 Å². The molecule has 0 radical (unpaired) electrons. The summed E-state index contributed by atoms with van der Waals surface area (Å²) in [6, 6.07) is 10.8. The monoisotopic (exact) mass is 414 g/mol. The van der Waals surface area contributed by atoms with Crippen LogP contribution in [0.1, 0.15) is 32.8 Å². The number of amides is 1. The van der Waals surface area contributed by atoms with E-state index in [-0.39, 0.29) is 18.2 Å². The normalized spacial score (nSPS) is 15.0. The molecule has 0 bridgehead atoms. The Morgan fingerprint density at radius 1 is 1.33 bits per heavy atom. The number of carbonyl (C=O) groups is 2. The predicted molar refractivity (Wildman–Crippen MR) is 110 cm³/mol. The van der Waals surface area contributed by atoms with E-state index in [4.69, 9.17) is 9.47 Å². The first-order valence-corrected chi connectivity index (χ1v) is 9.93. The van der Waals surface area contributed by atoms with E-state index in [0.29, 0.717) is 37.0 Å². The minimum Gasteiger partial charge on any atom is -0.493 e. The van der Waals surface area contributed by atoms with Crippen LogP contribution < -0.4 is 19.5 Å². The number of Topliss-reactive ketones (excluding diaryl/α,β-unsaturated/α-hetero) is 1. The molecular formula is C22H28N3O5+. The fourth-order valence-corrected chi connectivity index (χ4v) is 3.28. The number of ether oxygens (including phenoxy) is 2. The lowest BCUT2D eigenvalue weighted by atomic mass is 10.1. The maximum Gasteiger partial charge on any atom is 0.313 e. The average molecular weight is 414 g/mol. The van der Waals surface area contributed by atoms with Gasteiger partial charge in [0.05, 0.1) is 19.7 Å². The van der Waals surface area contributed by atoms with Crippen molar-refractivity contribution in [3.05, 3.63) is 48.2 Å². The summed E-state index contributed by atoms with van der Waals surface area (Å²) < 4.78 is 12.8. The van der Waals surface area contributed by atoms with E-state index in [1.165, 1.54) is 11.8 Å². The van der Waals surface area contributed by atoms with Crippen molar-refractivity contribution in [2.24, 2.45) is 0 Å². The van der Waals surface area contributed by atoms with Crippen LogP contribution in [-0.2, 0) is 16.1 Å². The van der Waals surface area contributed by atoms with Gasteiger partial charge in [0.15, 0.2) is 5.60 Å². The molecule has 0 fully saturated rings. The van der Waals surface area contributed by atoms with E-state index in [9.17, 15) is 14.8 Å². The molecule has 8 nitrogen and oxygen atoms in total. The standard InChI is InChI=1S/C22H27N3O5/c1-16(26)14-24-15-17-8-9-18(13-19(17)30-22(2,3)21(24)27)29-12-6-10-23-20-7-4-5-11-25(20)28/h4-5,7-9,11,13,28H,6,10,12,14-15H2,1-3H3/p+1. The molecular weight excluding hydrogens is 386 g/mol. The highest BCUT2D eigenvalue weighted by molar-refractivity contribution is 5.89. The highest BCUT2D eigenvalue weighted by atomic mass is 16.5. The minimum atomic E-state index is -1.07. The first-order valence-electron chi connectivity index (χ1n) is 9.93. The Labute approximate surface area is 176 Å². The number of hydrogen-bond acceptors (Lipinski definition) is 6. The zero-order valence-electron chi connectivity index (χ0n) is 17.6. The molecule has 2 aromatic rings. The van der Waals surface area contributed by atoms with Crippen LogP contribution in [0.15, 0.2) is 42.6 Å². The topological polar surface area (TPSA) is 92.0 Å². The van der Waals surface area contributed by atoms with Gasteiger partial charge in [-0.15, -0.1) is 0 Å². The first kappa shape index (κ1) is 21.4. The van der Waals surface area contributed by atoms with E-state index < -0.39 is 5.60 Å². The second-order valence-corrected chi connectivity index (χ2v) is 7.80. The third-order valence-corrected chi connectivity index (χ3v) is 4.72. The number of hydrogen-bond donors (Lipinski definition) is 2. The molecule has 2 heterocycles. The molecule has 2 N–H and O–H groups in total. The summed E-state index contributed by atoms with van der Waals surface area (Å²) in [5.74, 6) is 1.55. The third kappa shape index (κ3) is 5.20. The van der Waals surface area contributed by atoms with E-state index in [1.54, 1.807) is 38.2 Å². The third-order valence-electron chi connectivity index (χ3n) is 4.72. The Balaban J connectivity index is 1.59. The second kappa shape index (κ2) is 9.02. The number of fused-ring (bicyclic) bond motifs is 1. The van der Waals surface area contributed by atoms with Crippen LogP contribution in [0.4, 0.5) is 5.82 Å². The van der Waals surface area contributed by atoms with Gasteiger partial charge < -0.3 is 19.6 Å². The van der Waals surface area contributed by atoms with Crippen molar-refractivity contribution < 1.29 is 29.0 Å². The van der Waals surface area contributed by atoms with E-state index in [1.807, 2.05) is 18.2 Å². The lowest BCUT2D eigenvalue weighted by Crippen LogP contribution is -2.48. The van der Waals surface area contributed by atoms with Crippen molar-refractivity contribution in [3.63, 3.8) is 0 Å². The fraction of sp³-hybridized carbons (Fsp3) is 0.409. The number of aromatic nitrogens is 1. The molecule has 30 heavy (non-hydrogen) atoms. The van der Waals surface area contributed by atoms with Crippen molar-refractivity contribution in [2.45, 2.75) is 39.3 Å². The van der Waals surface area contributed by atoms with Crippen molar-refractivity contribution >= 4 is 17.5 Å². The summed E-state index contributed by atoms with van der Waals surface area (Å²) in [6.07, 6.45) is 2.28. The summed E-state index contributed by atoms with van der Waals surface area (Å²) in [5, 5.41) is 12.8. The molecule has 3 rings (SSSR count). The van der Waals surface area contributed by atoms with Crippen molar-refractivity contribution in [2.75, 3.05) is 25.0 Å². The summed E-state index contributed by atoms with van der Waals surface area (Å²) in [7, 11) is 0. The van der Waals surface area contributed by atoms with Crippen molar-refractivity contribution in [1.82, 2.24) is 4.90 Å². The highest BCUT2D eigenvalue weighted by Crippen LogP contribution is 2.33. The Morgan fingerprint density at radius 3 is 2.87 bits per heavy atom. The van der Waals surface area contributed by atoms with Crippen LogP contribution in [0.2, 0.25) is 0 Å². The van der Waals surface area contributed by atoms with Gasteiger partial charge in [0.25, 0.3) is 5.91 Å². The van der Waals surface area contributed by atoms with Crippen LogP contribution in [-0.4, -0.2) is 47.1 Å². The molecule has 0 saturated heterocycles. The molecule has 1 aliphatic rings. The van der Waals surface area contributed by atoms with Crippen molar-refractivity contribution in [3.8, 4) is 11.5 Å². The molecule has 1 aromatic carbocycles. The quantitative estimate of drug-likeness (QED) is 0.391. The number of nitrogens with zero attached hydrogens (tertiary/aromatic N) is 2. The maximum absolute atomic E-state index is 12.7. The Bertz CT molecular complexity index is 929. The Morgan fingerprint density at radius 2 is 2.13 bits per heavy atom. The van der Waals surface area contributed by atoms with Gasteiger partial charge in [-0.25, -0.2) is 0 Å². The van der Waals surface area contributed by atoms with Crippen LogP contribution in [0, 0.1) is 0 Å². The Kier molecular flexibility index (Phi) is 6.44. The molecule has 8 heteroatoms.